The highest BCUT2D eigenvalue weighted by Gasteiger charge is 2.44. The van der Waals surface area contributed by atoms with Crippen molar-refractivity contribution in [3.05, 3.63) is 0 Å². The average Bonchev–Trinajstić information content (AvgIpc) is 2.42. The second kappa shape index (κ2) is 6.88. The predicted octanol–water partition coefficient (Wildman–Crippen LogP) is 2.93. The lowest BCUT2D eigenvalue weighted by Crippen LogP contribution is -2.46. The van der Waals surface area contributed by atoms with E-state index in [1.54, 1.807) is 20.8 Å². The number of nitrogens with zero attached hydrogens (tertiary/aromatic N) is 1. The van der Waals surface area contributed by atoms with Gasteiger partial charge in [0.25, 0.3) is 0 Å². The normalized spacial score (nSPS) is 22.4. The zero-order valence-electron chi connectivity index (χ0n) is 13.8. The van der Waals surface area contributed by atoms with Gasteiger partial charge in [-0.1, -0.05) is 0 Å². The average molecular weight is 336 g/mol. The molecule has 0 heterocycles. The van der Waals surface area contributed by atoms with Gasteiger partial charge >= 0.3 is 18.1 Å². The van der Waals surface area contributed by atoms with Crippen molar-refractivity contribution in [2.24, 2.45) is 5.92 Å². The standard InChI is InChI=1S/C15H23F3N2O3/c1-14(2,3)23-12(21)11(19)9-5-7-10(8-6-9)20(4)13(22)15(16,17)18/h9-10,19H,5-8H2,1-4H3. The summed E-state index contributed by atoms with van der Waals surface area (Å²) in [6, 6.07) is -0.521. The molecule has 0 radical (unpaired) electrons. The largest absolute Gasteiger partial charge is 0.471 e. The molecule has 0 aliphatic heterocycles. The van der Waals surface area contributed by atoms with Gasteiger partial charge in [0.15, 0.2) is 0 Å². The molecule has 5 nitrogen and oxygen atoms in total. The van der Waals surface area contributed by atoms with Gasteiger partial charge in [-0.15, -0.1) is 0 Å². The summed E-state index contributed by atoms with van der Waals surface area (Å²) in [6.07, 6.45) is -3.45. The molecular weight excluding hydrogens is 313 g/mol. The predicted molar refractivity (Wildman–Crippen MR) is 78.1 cm³/mol. The Morgan fingerprint density at radius 1 is 1.09 bits per heavy atom. The molecule has 0 aromatic heterocycles. The molecule has 1 amide bonds. The van der Waals surface area contributed by atoms with E-state index in [0.717, 1.165) is 7.05 Å². The Morgan fingerprint density at radius 2 is 1.57 bits per heavy atom. The fourth-order valence-corrected chi connectivity index (χ4v) is 2.62. The fourth-order valence-electron chi connectivity index (χ4n) is 2.62. The molecule has 0 aromatic carbocycles. The summed E-state index contributed by atoms with van der Waals surface area (Å²) in [5.74, 6) is -2.89. The number of carbonyl (C=O) groups excluding carboxylic acids is 2. The number of amides is 1. The topological polar surface area (TPSA) is 70.5 Å². The van der Waals surface area contributed by atoms with Crippen LogP contribution >= 0.6 is 0 Å². The quantitative estimate of drug-likeness (QED) is 0.636. The van der Waals surface area contributed by atoms with E-state index in [4.69, 9.17) is 10.1 Å². The molecule has 23 heavy (non-hydrogen) atoms. The molecule has 0 saturated heterocycles. The minimum absolute atomic E-state index is 0.150. The molecule has 0 aromatic rings. The Morgan fingerprint density at radius 3 is 1.96 bits per heavy atom. The first-order valence-electron chi connectivity index (χ1n) is 7.48. The highest BCUT2D eigenvalue weighted by atomic mass is 19.4. The van der Waals surface area contributed by atoms with Gasteiger partial charge in [-0.3, -0.25) is 10.2 Å². The van der Waals surface area contributed by atoms with E-state index < -0.39 is 29.7 Å². The van der Waals surface area contributed by atoms with E-state index >= 15 is 0 Å². The van der Waals surface area contributed by atoms with E-state index in [0.29, 0.717) is 30.6 Å². The molecule has 1 rings (SSSR count). The van der Waals surface area contributed by atoms with Gasteiger partial charge in [0.2, 0.25) is 0 Å². The van der Waals surface area contributed by atoms with Crippen LogP contribution in [0.15, 0.2) is 0 Å². The van der Waals surface area contributed by atoms with Crippen LogP contribution in [0.25, 0.3) is 0 Å². The van der Waals surface area contributed by atoms with Gasteiger partial charge in [-0.05, 0) is 46.5 Å². The maximum Gasteiger partial charge on any atom is 0.471 e. The summed E-state index contributed by atoms with van der Waals surface area (Å²) in [5, 5.41) is 7.89. The summed E-state index contributed by atoms with van der Waals surface area (Å²) < 4.78 is 42.4. The summed E-state index contributed by atoms with van der Waals surface area (Å²) in [6.45, 7) is 5.10. The van der Waals surface area contributed by atoms with E-state index in [-0.39, 0.29) is 11.6 Å². The van der Waals surface area contributed by atoms with Gasteiger partial charge in [-0.25, -0.2) is 4.79 Å². The van der Waals surface area contributed by atoms with E-state index in [1.165, 1.54) is 0 Å². The first kappa shape index (κ1) is 19.4. The number of alkyl halides is 3. The molecule has 1 saturated carbocycles. The minimum Gasteiger partial charge on any atom is -0.455 e. The minimum atomic E-state index is -4.88. The van der Waals surface area contributed by atoms with Crippen molar-refractivity contribution >= 4 is 17.6 Å². The van der Waals surface area contributed by atoms with Crippen LogP contribution < -0.4 is 0 Å². The third-order valence-electron chi connectivity index (χ3n) is 3.83. The first-order chi connectivity index (χ1) is 10.3. The summed E-state index contributed by atoms with van der Waals surface area (Å²) in [7, 11) is 1.14. The number of halogens is 3. The maximum atomic E-state index is 12.4. The molecule has 1 aliphatic carbocycles. The van der Waals surface area contributed by atoms with Crippen LogP contribution in [-0.4, -0.2) is 47.4 Å². The molecule has 1 N–H and O–H groups in total. The van der Waals surface area contributed by atoms with Crippen molar-refractivity contribution in [1.82, 2.24) is 4.90 Å². The highest BCUT2D eigenvalue weighted by Crippen LogP contribution is 2.30. The molecule has 0 spiro atoms. The number of rotatable bonds is 3. The molecule has 8 heteroatoms. The van der Waals surface area contributed by atoms with Crippen LogP contribution in [0.3, 0.4) is 0 Å². The lowest BCUT2D eigenvalue weighted by atomic mass is 9.82. The highest BCUT2D eigenvalue weighted by molar-refractivity contribution is 6.36. The Bertz CT molecular complexity index is 475. The van der Waals surface area contributed by atoms with Crippen LogP contribution in [0.1, 0.15) is 46.5 Å². The lowest BCUT2D eigenvalue weighted by molar-refractivity contribution is -0.186. The molecular formula is C15H23F3N2O3. The van der Waals surface area contributed by atoms with E-state index in [2.05, 4.69) is 0 Å². The van der Waals surface area contributed by atoms with Gasteiger partial charge in [0, 0.05) is 19.0 Å². The SMILES string of the molecule is CN(C(=O)C(F)(F)F)C1CCC(C(=N)C(=O)OC(C)(C)C)CC1. The first-order valence-corrected chi connectivity index (χ1v) is 7.48. The molecule has 132 valence electrons. The van der Waals surface area contributed by atoms with Gasteiger partial charge in [-0.2, -0.15) is 13.2 Å². The van der Waals surface area contributed by atoms with E-state index in [1.807, 2.05) is 0 Å². The summed E-state index contributed by atoms with van der Waals surface area (Å²) in [4.78, 5) is 23.8. The van der Waals surface area contributed by atoms with Crippen LogP contribution in [0.4, 0.5) is 13.2 Å². The van der Waals surface area contributed by atoms with Gasteiger partial charge in [0.1, 0.15) is 11.3 Å². The number of hydrogen-bond donors (Lipinski definition) is 1. The third kappa shape index (κ3) is 5.51. The maximum absolute atomic E-state index is 12.4. The third-order valence-corrected chi connectivity index (χ3v) is 3.83. The van der Waals surface area contributed by atoms with Crippen molar-refractivity contribution in [1.29, 1.82) is 5.41 Å². The zero-order valence-corrected chi connectivity index (χ0v) is 13.8. The smallest absolute Gasteiger partial charge is 0.455 e. The van der Waals surface area contributed by atoms with Crippen LogP contribution in [0.5, 0.6) is 0 Å². The Kier molecular flexibility index (Phi) is 5.82. The Balaban J connectivity index is 2.57. The monoisotopic (exact) mass is 336 g/mol. The molecule has 1 aliphatic rings. The van der Waals surface area contributed by atoms with Crippen LogP contribution in [-0.2, 0) is 14.3 Å². The zero-order chi connectivity index (χ0) is 18.0. The van der Waals surface area contributed by atoms with Crippen molar-refractivity contribution < 1.29 is 27.5 Å². The number of carbonyl (C=O) groups is 2. The Labute approximate surface area is 133 Å². The summed E-state index contributed by atoms with van der Waals surface area (Å²) >= 11 is 0. The second-order valence-electron chi connectivity index (χ2n) is 6.83. The van der Waals surface area contributed by atoms with Crippen molar-refractivity contribution in [3.63, 3.8) is 0 Å². The van der Waals surface area contributed by atoms with Crippen LogP contribution in [0.2, 0.25) is 0 Å². The van der Waals surface area contributed by atoms with Crippen LogP contribution in [0, 0.1) is 11.3 Å². The van der Waals surface area contributed by atoms with Gasteiger partial charge < -0.3 is 9.64 Å². The second-order valence-corrected chi connectivity index (χ2v) is 6.83. The Hall–Kier alpha value is -1.60. The molecule has 0 unspecified atom stereocenters. The van der Waals surface area contributed by atoms with Crippen molar-refractivity contribution in [2.75, 3.05) is 7.05 Å². The molecule has 1 fully saturated rings. The molecule has 0 atom stereocenters. The number of ether oxygens (including phenoxy) is 1. The number of nitrogens with one attached hydrogen (secondary N) is 1. The number of hydrogen-bond acceptors (Lipinski definition) is 4. The van der Waals surface area contributed by atoms with Crippen molar-refractivity contribution in [2.45, 2.75) is 64.3 Å². The summed E-state index contributed by atoms with van der Waals surface area (Å²) in [5.41, 5.74) is -0.844. The fraction of sp³-hybridized carbons (Fsp3) is 0.800. The lowest BCUT2D eigenvalue weighted by Gasteiger charge is -2.35. The van der Waals surface area contributed by atoms with Gasteiger partial charge in [0.05, 0.1) is 0 Å². The van der Waals surface area contributed by atoms with E-state index in [9.17, 15) is 22.8 Å². The van der Waals surface area contributed by atoms with Crippen molar-refractivity contribution in [3.8, 4) is 0 Å². The molecule has 0 bridgehead atoms. The number of esters is 1.